The number of halogens is 3. The SMILES string of the molecule is Cc1nnc(NC(=O)CSc2ncc(-c3cccc([N+](=O)[O-])c3)n2-c2cccc(C(F)(F)F)c2)s1. The molecule has 35 heavy (non-hydrogen) atoms. The van der Waals surface area contributed by atoms with Crippen LogP contribution < -0.4 is 5.32 Å². The lowest BCUT2D eigenvalue weighted by molar-refractivity contribution is -0.384. The molecular formula is C21H15F3N6O3S2. The molecule has 0 aliphatic rings. The largest absolute Gasteiger partial charge is 0.416 e. The molecule has 180 valence electrons. The van der Waals surface area contributed by atoms with Gasteiger partial charge in [-0.15, -0.1) is 10.2 Å². The lowest BCUT2D eigenvalue weighted by atomic mass is 10.1. The average molecular weight is 521 g/mol. The van der Waals surface area contributed by atoms with Gasteiger partial charge in [0.25, 0.3) is 5.69 Å². The van der Waals surface area contributed by atoms with Crippen molar-refractivity contribution in [3.05, 3.63) is 75.4 Å². The highest BCUT2D eigenvalue weighted by atomic mass is 32.2. The lowest BCUT2D eigenvalue weighted by Gasteiger charge is -2.14. The molecule has 2 aromatic heterocycles. The maximum absolute atomic E-state index is 13.4. The zero-order valence-electron chi connectivity index (χ0n) is 17.8. The quantitative estimate of drug-likeness (QED) is 0.198. The second kappa shape index (κ2) is 9.84. The van der Waals surface area contributed by atoms with Crippen LogP contribution >= 0.6 is 23.1 Å². The standard InChI is InChI=1S/C21H15F3N6O3S2/c1-12-27-28-19(35-12)26-18(31)11-34-20-25-10-17(13-4-2-7-16(8-13)30(32)33)29(20)15-6-3-5-14(9-15)21(22,23)24/h2-10H,11H2,1H3,(H,26,28,31). The van der Waals surface area contributed by atoms with Gasteiger partial charge in [0.05, 0.1) is 28.1 Å². The van der Waals surface area contributed by atoms with E-state index in [4.69, 9.17) is 0 Å². The van der Waals surface area contributed by atoms with Gasteiger partial charge in [-0.05, 0) is 25.1 Å². The van der Waals surface area contributed by atoms with Crippen LogP contribution in [0.3, 0.4) is 0 Å². The van der Waals surface area contributed by atoms with Crippen molar-refractivity contribution in [1.82, 2.24) is 19.7 Å². The average Bonchev–Trinajstić information content (AvgIpc) is 3.43. The number of aryl methyl sites for hydroxylation is 1. The highest BCUT2D eigenvalue weighted by molar-refractivity contribution is 7.99. The third kappa shape index (κ3) is 5.66. The summed E-state index contributed by atoms with van der Waals surface area (Å²) in [7, 11) is 0. The van der Waals surface area contributed by atoms with Gasteiger partial charge in [-0.25, -0.2) is 4.98 Å². The van der Waals surface area contributed by atoms with Gasteiger partial charge in [0, 0.05) is 23.4 Å². The number of thioether (sulfide) groups is 1. The van der Waals surface area contributed by atoms with Gasteiger partial charge in [0.15, 0.2) is 5.16 Å². The van der Waals surface area contributed by atoms with E-state index in [1.807, 2.05) is 0 Å². The predicted octanol–water partition coefficient (Wildman–Crippen LogP) is 5.36. The summed E-state index contributed by atoms with van der Waals surface area (Å²) in [5.74, 6) is -0.509. The van der Waals surface area contributed by atoms with Crippen LogP contribution in [0.25, 0.3) is 16.9 Å². The molecule has 0 bridgehead atoms. The van der Waals surface area contributed by atoms with Crippen molar-refractivity contribution >= 4 is 39.8 Å². The number of alkyl halides is 3. The molecule has 0 unspecified atom stereocenters. The number of nitrogens with zero attached hydrogens (tertiary/aromatic N) is 5. The Kier molecular flexibility index (Phi) is 6.84. The second-order valence-corrected chi connectivity index (χ2v) is 9.20. The van der Waals surface area contributed by atoms with Crippen LogP contribution in [0, 0.1) is 17.0 Å². The first-order valence-corrected chi connectivity index (χ1v) is 11.6. The number of carbonyl (C=O) groups excluding carboxylic acids is 1. The van der Waals surface area contributed by atoms with E-state index in [9.17, 15) is 28.1 Å². The van der Waals surface area contributed by atoms with Gasteiger partial charge in [-0.3, -0.25) is 24.8 Å². The number of hydrogen-bond acceptors (Lipinski definition) is 8. The molecule has 1 amide bonds. The number of imidazole rings is 1. The minimum atomic E-state index is -4.57. The van der Waals surface area contributed by atoms with Gasteiger partial charge >= 0.3 is 6.18 Å². The molecule has 0 aliphatic heterocycles. The number of hydrogen-bond donors (Lipinski definition) is 1. The fraction of sp³-hybridized carbons (Fsp3) is 0.143. The van der Waals surface area contributed by atoms with Crippen molar-refractivity contribution < 1.29 is 22.9 Å². The summed E-state index contributed by atoms with van der Waals surface area (Å²) in [5, 5.41) is 22.7. The third-order valence-electron chi connectivity index (χ3n) is 4.62. The molecule has 0 saturated heterocycles. The van der Waals surface area contributed by atoms with Crippen molar-refractivity contribution in [2.45, 2.75) is 18.3 Å². The molecule has 0 fully saturated rings. The number of benzene rings is 2. The number of nitro benzene ring substituents is 1. The molecule has 4 rings (SSSR count). The molecule has 0 radical (unpaired) electrons. The van der Waals surface area contributed by atoms with E-state index in [2.05, 4.69) is 20.5 Å². The zero-order valence-corrected chi connectivity index (χ0v) is 19.4. The molecule has 9 nitrogen and oxygen atoms in total. The number of anilines is 1. The van der Waals surface area contributed by atoms with Crippen molar-refractivity contribution in [3.63, 3.8) is 0 Å². The highest BCUT2D eigenvalue weighted by Gasteiger charge is 2.31. The van der Waals surface area contributed by atoms with Gasteiger partial charge in [-0.2, -0.15) is 13.2 Å². The summed E-state index contributed by atoms with van der Waals surface area (Å²) in [6.07, 6.45) is -3.18. The van der Waals surface area contributed by atoms with Crippen LogP contribution in [0.5, 0.6) is 0 Å². The molecule has 14 heteroatoms. The van der Waals surface area contributed by atoms with Gasteiger partial charge in [-0.1, -0.05) is 41.3 Å². The number of nitro groups is 1. The van der Waals surface area contributed by atoms with Gasteiger partial charge in [0.2, 0.25) is 11.0 Å². The first kappa shape index (κ1) is 24.3. The number of rotatable bonds is 7. The Hall–Kier alpha value is -3.78. The summed E-state index contributed by atoms with van der Waals surface area (Å²) in [6.45, 7) is 1.74. The Morgan fingerprint density at radius 2 is 1.97 bits per heavy atom. The molecule has 0 saturated carbocycles. The van der Waals surface area contributed by atoms with E-state index >= 15 is 0 Å². The van der Waals surface area contributed by atoms with Crippen LogP contribution in [-0.2, 0) is 11.0 Å². The molecule has 1 N–H and O–H groups in total. The van der Waals surface area contributed by atoms with E-state index in [0.717, 1.165) is 23.9 Å². The first-order valence-electron chi connectivity index (χ1n) is 9.85. The minimum absolute atomic E-state index is 0.108. The Morgan fingerprint density at radius 3 is 2.66 bits per heavy atom. The summed E-state index contributed by atoms with van der Waals surface area (Å²) in [6, 6.07) is 10.3. The van der Waals surface area contributed by atoms with E-state index in [-0.39, 0.29) is 22.3 Å². The van der Waals surface area contributed by atoms with Gasteiger partial charge in [0.1, 0.15) is 5.01 Å². The van der Waals surface area contributed by atoms with E-state index < -0.39 is 22.6 Å². The normalized spacial score (nSPS) is 11.4. The molecule has 0 spiro atoms. The molecule has 2 aromatic carbocycles. The van der Waals surface area contributed by atoms with Crippen molar-refractivity contribution in [1.29, 1.82) is 0 Å². The Labute approximate surface area is 204 Å². The number of aromatic nitrogens is 4. The molecule has 0 atom stereocenters. The van der Waals surface area contributed by atoms with Crippen molar-refractivity contribution in [3.8, 4) is 16.9 Å². The predicted molar refractivity (Wildman–Crippen MR) is 125 cm³/mol. The Morgan fingerprint density at radius 1 is 1.20 bits per heavy atom. The van der Waals surface area contributed by atoms with Crippen molar-refractivity contribution in [2.24, 2.45) is 0 Å². The maximum atomic E-state index is 13.4. The summed E-state index contributed by atoms with van der Waals surface area (Å²) in [4.78, 5) is 27.3. The first-order chi connectivity index (χ1) is 16.6. The maximum Gasteiger partial charge on any atom is 0.416 e. The Balaban J connectivity index is 1.71. The third-order valence-corrected chi connectivity index (χ3v) is 6.33. The molecule has 0 aliphatic carbocycles. The van der Waals surface area contributed by atoms with E-state index in [1.54, 1.807) is 13.0 Å². The topological polar surface area (TPSA) is 116 Å². The van der Waals surface area contributed by atoms with Crippen LogP contribution in [0.4, 0.5) is 24.0 Å². The van der Waals surface area contributed by atoms with E-state index in [1.165, 1.54) is 52.4 Å². The molecule has 2 heterocycles. The summed E-state index contributed by atoms with van der Waals surface area (Å²) >= 11 is 2.20. The smallest absolute Gasteiger partial charge is 0.300 e. The molecule has 4 aromatic rings. The Bertz CT molecular complexity index is 1400. The summed E-state index contributed by atoms with van der Waals surface area (Å²) < 4.78 is 41.5. The fourth-order valence-electron chi connectivity index (χ4n) is 3.12. The van der Waals surface area contributed by atoms with Crippen LogP contribution in [0.2, 0.25) is 0 Å². The second-order valence-electron chi connectivity index (χ2n) is 7.08. The summed E-state index contributed by atoms with van der Waals surface area (Å²) in [5.41, 5.74) is -0.198. The monoisotopic (exact) mass is 520 g/mol. The highest BCUT2D eigenvalue weighted by Crippen LogP contribution is 2.35. The van der Waals surface area contributed by atoms with Crippen LogP contribution in [-0.4, -0.2) is 36.3 Å². The minimum Gasteiger partial charge on any atom is -0.300 e. The van der Waals surface area contributed by atoms with Gasteiger partial charge < -0.3 is 0 Å². The number of carbonyl (C=O) groups is 1. The lowest BCUT2D eigenvalue weighted by Crippen LogP contribution is -2.14. The van der Waals surface area contributed by atoms with Crippen molar-refractivity contribution in [2.75, 3.05) is 11.1 Å². The number of non-ortho nitro benzene ring substituents is 1. The van der Waals surface area contributed by atoms with Crippen LogP contribution in [0.1, 0.15) is 10.6 Å². The molecular weight excluding hydrogens is 505 g/mol. The number of nitrogens with one attached hydrogen (secondary N) is 1. The fourth-order valence-corrected chi connectivity index (χ4v) is 4.52. The van der Waals surface area contributed by atoms with E-state index in [0.29, 0.717) is 21.4 Å². The van der Waals surface area contributed by atoms with Crippen LogP contribution in [0.15, 0.2) is 59.9 Å². The number of amides is 1. The zero-order chi connectivity index (χ0) is 25.2.